The summed E-state index contributed by atoms with van der Waals surface area (Å²) >= 11 is 0. The Bertz CT molecular complexity index is 1750. The maximum absolute atomic E-state index is 12.4. The molecule has 6 N–H and O–H groups in total. The lowest BCUT2D eigenvalue weighted by Gasteiger charge is -2.22. The highest BCUT2D eigenvalue weighted by Gasteiger charge is 2.51. The van der Waals surface area contributed by atoms with Crippen molar-refractivity contribution in [3.05, 3.63) is 0 Å². The van der Waals surface area contributed by atoms with Crippen molar-refractivity contribution < 1.29 is 71.4 Å². The largest absolute Gasteiger partial charge is 0.449 e. The number of alkyl carbamates (subject to hydrolysis) is 6. The summed E-state index contributed by atoms with van der Waals surface area (Å²) in [6.07, 6.45) is 8.45. The first-order valence-electron chi connectivity index (χ1n) is 27.5. The Morgan fingerprint density at radius 2 is 0.553 bits per heavy atom. The molecule has 22 heteroatoms. The minimum atomic E-state index is -0.650. The van der Waals surface area contributed by atoms with E-state index >= 15 is 0 Å². The first-order chi connectivity index (χ1) is 37.3. The van der Waals surface area contributed by atoms with Crippen molar-refractivity contribution in [3.8, 4) is 35.5 Å². The van der Waals surface area contributed by atoms with E-state index in [0.29, 0.717) is 92.7 Å². The SMILES string of the molecule is O=C(NCCN(CCNC(=O)OCCOCCNC(=O)OCC1[C@H]2CCC#CCC[C@@H]12)CCNC(=O)OCCOCCNC(=O)OCC1[C@H]2CCC#CCC[C@@H]12)OCCOCCNC(=O)OCC1[C@H]2CCC#CCC[C@@H]12. The number of ether oxygens (including phenoxy) is 9. The van der Waals surface area contributed by atoms with Crippen LogP contribution in [0, 0.1) is 88.8 Å². The van der Waals surface area contributed by atoms with Gasteiger partial charge in [-0.1, -0.05) is 0 Å². The Morgan fingerprint density at radius 3 is 0.816 bits per heavy atom. The summed E-state index contributed by atoms with van der Waals surface area (Å²) in [6.45, 7) is 4.63. The molecule has 0 aromatic rings. The van der Waals surface area contributed by atoms with E-state index in [4.69, 9.17) is 42.6 Å². The molecular formula is C54H81N7O15. The highest BCUT2D eigenvalue weighted by Crippen LogP contribution is 2.54. The van der Waals surface area contributed by atoms with Gasteiger partial charge in [0, 0.05) is 97.4 Å². The number of fused-ring (bicyclic) bond motifs is 3. The number of nitrogens with one attached hydrogen (secondary N) is 6. The predicted octanol–water partition coefficient (Wildman–Crippen LogP) is 4.01. The van der Waals surface area contributed by atoms with Crippen molar-refractivity contribution in [1.82, 2.24) is 36.8 Å². The van der Waals surface area contributed by atoms with E-state index in [1.807, 2.05) is 4.90 Å². The average molecular weight is 1070 g/mol. The monoisotopic (exact) mass is 1070 g/mol. The van der Waals surface area contributed by atoms with Gasteiger partial charge in [0.2, 0.25) is 0 Å². The van der Waals surface area contributed by atoms with Crippen molar-refractivity contribution in [3.63, 3.8) is 0 Å². The molecule has 76 heavy (non-hydrogen) atoms. The summed E-state index contributed by atoms with van der Waals surface area (Å²) in [5.41, 5.74) is 0. The molecule has 422 valence electrons. The van der Waals surface area contributed by atoms with Crippen molar-refractivity contribution in [2.75, 3.05) is 138 Å². The molecule has 0 heterocycles. The minimum absolute atomic E-state index is 0.00461. The Balaban J connectivity index is 0.766. The van der Waals surface area contributed by atoms with Crippen LogP contribution in [0.1, 0.15) is 77.0 Å². The number of rotatable bonds is 33. The van der Waals surface area contributed by atoms with Crippen molar-refractivity contribution >= 4 is 36.6 Å². The Labute approximate surface area is 447 Å². The number of nitrogens with zero attached hydrogens (tertiary/aromatic N) is 1. The topological polar surface area (TPSA) is 261 Å². The summed E-state index contributed by atoms with van der Waals surface area (Å²) in [5, 5.41) is 16.1. The van der Waals surface area contributed by atoms with Crippen LogP contribution in [0.4, 0.5) is 28.8 Å². The van der Waals surface area contributed by atoms with Crippen molar-refractivity contribution in [2.24, 2.45) is 53.3 Å². The van der Waals surface area contributed by atoms with Gasteiger partial charge in [0.1, 0.15) is 19.8 Å². The van der Waals surface area contributed by atoms with E-state index in [1.165, 1.54) is 0 Å². The van der Waals surface area contributed by atoms with E-state index in [-0.39, 0.29) is 98.7 Å². The Hall–Kier alpha value is -5.86. The highest BCUT2D eigenvalue weighted by molar-refractivity contribution is 5.69. The van der Waals surface area contributed by atoms with Gasteiger partial charge >= 0.3 is 36.6 Å². The standard InChI is InChI=1S/C54H81N7O15/c62-49(71-34-31-68-28-22-58-52(65)74-37-46-40-13-7-1-2-8-14-41(40)46)55-19-25-61(26-20-56-50(63)72-35-32-69-29-23-59-53(66)75-38-47-42-15-9-3-4-10-16-43(42)47)27-21-57-51(64)73-36-33-70-30-24-60-54(67)76-39-48-44-17-11-5-6-12-18-45(44)48/h40-48H,7-39H2,(H,55,62)(H,56,63)(H,57,64)(H,58,65)(H,59,66)(H,60,67)/t40-,41+,42-,43+,44-,45+,46?,47?,48?. The second-order valence-electron chi connectivity index (χ2n) is 19.7. The van der Waals surface area contributed by atoms with E-state index in [9.17, 15) is 28.8 Å². The molecular weight excluding hydrogens is 987 g/mol. The van der Waals surface area contributed by atoms with Crippen molar-refractivity contribution in [2.45, 2.75) is 77.0 Å². The molecule has 0 radical (unpaired) electrons. The third-order valence-corrected chi connectivity index (χ3v) is 14.8. The summed E-state index contributed by atoms with van der Waals surface area (Å²) in [4.78, 5) is 75.5. The third kappa shape index (κ3) is 23.6. The van der Waals surface area contributed by atoms with E-state index in [0.717, 1.165) is 77.0 Å². The molecule has 0 aromatic heterocycles. The quantitative estimate of drug-likeness (QED) is 0.0308. The Kier molecular flexibility index (Phi) is 27.1. The maximum atomic E-state index is 12.4. The second kappa shape index (κ2) is 34.7. The molecule has 0 spiro atoms. The fourth-order valence-corrected chi connectivity index (χ4v) is 10.5. The lowest BCUT2D eigenvalue weighted by molar-refractivity contribution is 0.0717. The summed E-state index contributed by atoms with van der Waals surface area (Å²) in [5.74, 6) is 23.9. The lowest BCUT2D eigenvalue weighted by Crippen LogP contribution is -2.43. The summed E-state index contributed by atoms with van der Waals surface area (Å²) < 4.78 is 48.3. The molecule has 0 aromatic carbocycles. The molecule has 6 aliphatic rings. The highest BCUT2D eigenvalue weighted by atomic mass is 16.6. The van der Waals surface area contributed by atoms with Crippen LogP contribution >= 0.6 is 0 Å². The zero-order chi connectivity index (χ0) is 53.4. The number of hydrogen-bond donors (Lipinski definition) is 6. The van der Waals surface area contributed by atoms with Gasteiger partial charge < -0.3 is 74.5 Å². The second-order valence-corrected chi connectivity index (χ2v) is 19.7. The lowest BCUT2D eigenvalue weighted by atomic mass is 10.1. The zero-order valence-electron chi connectivity index (χ0n) is 44.1. The first kappa shape index (κ1) is 59.4. The molecule has 6 rings (SSSR count). The van der Waals surface area contributed by atoms with Gasteiger partial charge in [-0.2, -0.15) is 0 Å². The van der Waals surface area contributed by atoms with Crippen LogP contribution in [0.2, 0.25) is 0 Å². The number of amides is 6. The van der Waals surface area contributed by atoms with Gasteiger partial charge in [-0.15, -0.1) is 35.5 Å². The molecule has 0 saturated heterocycles. The van der Waals surface area contributed by atoms with Gasteiger partial charge in [-0.3, -0.25) is 4.90 Å². The molecule has 6 amide bonds. The van der Waals surface area contributed by atoms with Crippen LogP contribution in [-0.2, 0) is 42.6 Å². The first-order valence-corrected chi connectivity index (χ1v) is 27.5. The van der Waals surface area contributed by atoms with E-state index in [2.05, 4.69) is 67.4 Å². The van der Waals surface area contributed by atoms with Crippen LogP contribution in [0.15, 0.2) is 0 Å². The van der Waals surface area contributed by atoms with Crippen LogP contribution in [0.25, 0.3) is 0 Å². The zero-order valence-corrected chi connectivity index (χ0v) is 44.1. The molecule has 3 saturated carbocycles. The normalized spacial score (nSPS) is 24.2. The molecule has 22 nitrogen and oxygen atoms in total. The average Bonchev–Trinajstić information content (AvgIpc) is 4.34. The molecule has 9 atom stereocenters. The summed E-state index contributed by atoms with van der Waals surface area (Å²) in [7, 11) is 0. The van der Waals surface area contributed by atoms with Crippen LogP contribution in [0.5, 0.6) is 0 Å². The van der Waals surface area contributed by atoms with Crippen LogP contribution in [-0.4, -0.2) is 180 Å². The molecule has 6 aliphatic carbocycles. The molecule has 0 aliphatic heterocycles. The van der Waals surface area contributed by atoms with E-state index in [1.54, 1.807) is 0 Å². The maximum Gasteiger partial charge on any atom is 0.407 e. The number of carbonyl (C=O) groups is 6. The molecule has 0 bridgehead atoms. The number of carbonyl (C=O) groups excluding carboxylic acids is 6. The third-order valence-electron chi connectivity index (χ3n) is 14.8. The van der Waals surface area contributed by atoms with E-state index < -0.39 is 36.6 Å². The fourth-order valence-electron chi connectivity index (χ4n) is 10.5. The van der Waals surface area contributed by atoms with Crippen LogP contribution < -0.4 is 31.9 Å². The predicted molar refractivity (Wildman–Crippen MR) is 275 cm³/mol. The summed E-state index contributed by atoms with van der Waals surface area (Å²) in [6, 6.07) is 0. The smallest absolute Gasteiger partial charge is 0.407 e. The van der Waals surface area contributed by atoms with Gasteiger partial charge in [0.25, 0.3) is 0 Å². The van der Waals surface area contributed by atoms with Gasteiger partial charge in [-0.25, -0.2) is 28.8 Å². The van der Waals surface area contributed by atoms with Gasteiger partial charge in [-0.05, 0) is 91.8 Å². The fraction of sp³-hybridized carbons (Fsp3) is 0.778. The Morgan fingerprint density at radius 1 is 0.316 bits per heavy atom. The molecule has 3 fully saturated rings. The van der Waals surface area contributed by atoms with Crippen molar-refractivity contribution in [1.29, 1.82) is 0 Å². The van der Waals surface area contributed by atoms with Gasteiger partial charge in [0.05, 0.1) is 59.5 Å². The minimum Gasteiger partial charge on any atom is -0.449 e. The number of hydrogen-bond acceptors (Lipinski definition) is 16. The van der Waals surface area contributed by atoms with Gasteiger partial charge in [0.15, 0.2) is 0 Å². The van der Waals surface area contributed by atoms with Crippen LogP contribution in [0.3, 0.4) is 0 Å². The molecule has 3 unspecified atom stereocenters.